The second-order valence-electron chi connectivity index (χ2n) is 6.84. The Kier molecular flexibility index (Phi) is 6.65. The van der Waals surface area contributed by atoms with Gasteiger partial charge in [0, 0.05) is 18.7 Å². The van der Waals surface area contributed by atoms with Crippen LogP contribution >= 0.6 is 0 Å². The molecule has 0 aliphatic heterocycles. The Labute approximate surface area is 171 Å². The van der Waals surface area contributed by atoms with Crippen LogP contribution < -0.4 is 18.9 Å². The number of nitrogens with zero attached hydrogens (tertiary/aromatic N) is 1. The Balaban J connectivity index is 1.76. The molecule has 0 unspecified atom stereocenters. The summed E-state index contributed by atoms with van der Waals surface area (Å²) in [7, 11) is 6.34. The summed E-state index contributed by atoms with van der Waals surface area (Å²) in [6, 6.07) is 11.7. The predicted octanol–water partition coefficient (Wildman–Crippen LogP) is 3.93. The number of carbonyl (C=O) groups is 1. The van der Waals surface area contributed by atoms with Crippen molar-refractivity contribution in [3.05, 3.63) is 53.6 Å². The third-order valence-electron chi connectivity index (χ3n) is 4.89. The number of hydrogen-bond acceptors (Lipinski definition) is 5. The van der Waals surface area contributed by atoms with Gasteiger partial charge in [-0.05, 0) is 54.3 Å². The second-order valence-corrected chi connectivity index (χ2v) is 6.84. The number of rotatable bonds is 9. The molecule has 1 aliphatic rings. The van der Waals surface area contributed by atoms with E-state index in [4.69, 9.17) is 18.9 Å². The summed E-state index contributed by atoms with van der Waals surface area (Å²) in [5.74, 6) is 2.42. The van der Waals surface area contributed by atoms with E-state index in [1.165, 1.54) is 0 Å². The highest BCUT2D eigenvalue weighted by Gasteiger charge is 2.31. The molecule has 154 valence electrons. The minimum atomic E-state index is -0.0166. The van der Waals surface area contributed by atoms with Crippen molar-refractivity contribution < 1.29 is 23.7 Å². The molecule has 2 aromatic rings. The second kappa shape index (κ2) is 9.37. The van der Waals surface area contributed by atoms with Gasteiger partial charge in [-0.2, -0.15) is 0 Å². The van der Waals surface area contributed by atoms with Crippen LogP contribution in [0.1, 0.15) is 24.0 Å². The molecule has 3 rings (SSSR count). The molecule has 0 spiro atoms. The maximum absolute atomic E-state index is 12.9. The first-order valence-corrected chi connectivity index (χ1v) is 9.51. The average molecular weight is 397 g/mol. The third-order valence-corrected chi connectivity index (χ3v) is 4.89. The lowest BCUT2D eigenvalue weighted by atomic mass is 10.1. The molecule has 6 heteroatoms. The third kappa shape index (κ3) is 5.02. The Morgan fingerprint density at radius 3 is 2.07 bits per heavy atom. The quantitative estimate of drug-likeness (QED) is 0.600. The number of benzene rings is 2. The number of amides is 1. The van der Waals surface area contributed by atoms with Crippen LogP contribution in [0.2, 0.25) is 0 Å². The molecule has 0 N–H and O–H groups in total. The SMILES string of the molecule is COc1ccc(CN(C(=O)/C=C/c2cc(OC)c(OC)c(OC)c2)C2CC2)cc1. The van der Waals surface area contributed by atoms with Crippen molar-refractivity contribution in [1.29, 1.82) is 0 Å². The Hall–Kier alpha value is -3.15. The minimum Gasteiger partial charge on any atom is -0.497 e. The molecule has 0 bridgehead atoms. The number of methoxy groups -OCH3 is 4. The fraction of sp³-hybridized carbons (Fsp3) is 0.348. The van der Waals surface area contributed by atoms with Crippen LogP contribution in [0.3, 0.4) is 0 Å². The van der Waals surface area contributed by atoms with Gasteiger partial charge in [0.1, 0.15) is 5.75 Å². The van der Waals surface area contributed by atoms with E-state index in [9.17, 15) is 4.79 Å². The summed E-state index contributed by atoms with van der Waals surface area (Å²) >= 11 is 0. The van der Waals surface area contributed by atoms with Gasteiger partial charge in [0.2, 0.25) is 11.7 Å². The molecule has 1 aliphatic carbocycles. The molecule has 2 aromatic carbocycles. The molecule has 0 radical (unpaired) electrons. The first kappa shape index (κ1) is 20.6. The maximum Gasteiger partial charge on any atom is 0.247 e. The van der Waals surface area contributed by atoms with Gasteiger partial charge in [0.05, 0.1) is 28.4 Å². The molecule has 1 saturated carbocycles. The van der Waals surface area contributed by atoms with Crippen molar-refractivity contribution in [1.82, 2.24) is 4.90 Å². The van der Waals surface area contributed by atoms with Gasteiger partial charge in [0.25, 0.3) is 0 Å². The summed E-state index contributed by atoms with van der Waals surface area (Å²) in [6.07, 6.45) is 5.46. The normalized spacial score (nSPS) is 13.2. The smallest absolute Gasteiger partial charge is 0.247 e. The summed E-state index contributed by atoms with van der Waals surface area (Å²) in [6.45, 7) is 0.576. The van der Waals surface area contributed by atoms with Gasteiger partial charge in [-0.1, -0.05) is 12.1 Å². The van der Waals surface area contributed by atoms with Gasteiger partial charge in [-0.3, -0.25) is 4.79 Å². The van der Waals surface area contributed by atoms with Gasteiger partial charge >= 0.3 is 0 Å². The monoisotopic (exact) mass is 397 g/mol. The van der Waals surface area contributed by atoms with E-state index in [1.54, 1.807) is 40.6 Å². The molecule has 29 heavy (non-hydrogen) atoms. The first-order chi connectivity index (χ1) is 14.1. The molecule has 6 nitrogen and oxygen atoms in total. The highest BCUT2D eigenvalue weighted by Crippen LogP contribution is 2.38. The summed E-state index contributed by atoms with van der Waals surface area (Å²) in [5, 5.41) is 0. The highest BCUT2D eigenvalue weighted by atomic mass is 16.5. The topological polar surface area (TPSA) is 57.2 Å². The minimum absolute atomic E-state index is 0.0166. The van der Waals surface area contributed by atoms with Crippen LogP contribution in [0, 0.1) is 0 Å². The Morgan fingerprint density at radius 2 is 1.59 bits per heavy atom. The van der Waals surface area contributed by atoms with Crippen LogP contribution in [0.5, 0.6) is 23.0 Å². The standard InChI is InChI=1S/C23H27NO5/c1-26-19-10-5-16(6-11-19)15-24(18-8-9-18)22(25)12-7-17-13-20(27-2)23(29-4)21(14-17)28-3/h5-7,10-14,18H,8-9,15H2,1-4H3/b12-7+. The lowest BCUT2D eigenvalue weighted by Crippen LogP contribution is -2.31. The molecule has 0 heterocycles. The van der Waals surface area contributed by atoms with Crippen LogP contribution in [0.15, 0.2) is 42.5 Å². The zero-order chi connectivity index (χ0) is 20.8. The average Bonchev–Trinajstić information content (AvgIpc) is 3.60. The molecule has 1 fully saturated rings. The van der Waals surface area contributed by atoms with Gasteiger partial charge in [-0.25, -0.2) is 0 Å². The van der Waals surface area contributed by atoms with Crippen molar-refractivity contribution in [3.63, 3.8) is 0 Å². The van der Waals surface area contributed by atoms with Crippen molar-refractivity contribution >= 4 is 12.0 Å². The van der Waals surface area contributed by atoms with Gasteiger partial charge < -0.3 is 23.8 Å². The fourth-order valence-electron chi connectivity index (χ4n) is 3.16. The van der Waals surface area contributed by atoms with E-state index >= 15 is 0 Å². The lowest BCUT2D eigenvalue weighted by molar-refractivity contribution is -0.127. The lowest BCUT2D eigenvalue weighted by Gasteiger charge is -2.21. The van der Waals surface area contributed by atoms with Crippen molar-refractivity contribution in [2.75, 3.05) is 28.4 Å². The largest absolute Gasteiger partial charge is 0.497 e. The number of carbonyl (C=O) groups excluding carboxylic acids is 1. The van der Waals surface area contributed by atoms with Crippen LogP contribution in [0.4, 0.5) is 0 Å². The van der Waals surface area contributed by atoms with E-state index in [1.807, 2.05) is 41.3 Å². The molecule has 0 atom stereocenters. The highest BCUT2D eigenvalue weighted by molar-refractivity contribution is 5.92. The summed E-state index contributed by atoms with van der Waals surface area (Å²) in [5.41, 5.74) is 1.88. The molecule has 1 amide bonds. The molecule has 0 aromatic heterocycles. The molecular formula is C23H27NO5. The van der Waals surface area contributed by atoms with Crippen molar-refractivity contribution in [3.8, 4) is 23.0 Å². The number of ether oxygens (including phenoxy) is 4. The van der Waals surface area contributed by atoms with Crippen LogP contribution in [-0.2, 0) is 11.3 Å². The van der Waals surface area contributed by atoms with E-state index in [0.29, 0.717) is 29.8 Å². The predicted molar refractivity (Wildman–Crippen MR) is 112 cm³/mol. The van der Waals surface area contributed by atoms with Crippen LogP contribution in [-0.4, -0.2) is 45.3 Å². The summed E-state index contributed by atoms with van der Waals surface area (Å²) in [4.78, 5) is 14.8. The van der Waals surface area contributed by atoms with E-state index in [0.717, 1.165) is 29.7 Å². The number of hydrogen-bond donors (Lipinski definition) is 0. The molecular weight excluding hydrogens is 370 g/mol. The maximum atomic E-state index is 12.9. The van der Waals surface area contributed by atoms with Crippen molar-refractivity contribution in [2.45, 2.75) is 25.4 Å². The van der Waals surface area contributed by atoms with E-state index in [2.05, 4.69) is 0 Å². The van der Waals surface area contributed by atoms with Crippen molar-refractivity contribution in [2.24, 2.45) is 0 Å². The zero-order valence-electron chi connectivity index (χ0n) is 17.3. The zero-order valence-corrected chi connectivity index (χ0v) is 17.3. The Bertz CT molecular complexity index is 846. The molecule has 0 saturated heterocycles. The van der Waals surface area contributed by atoms with Crippen LogP contribution in [0.25, 0.3) is 6.08 Å². The van der Waals surface area contributed by atoms with Gasteiger partial charge in [0.15, 0.2) is 11.5 Å². The first-order valence-electron chi connectivity index (χ1n) is 9.51. The van der Waals surface area contributed by atoms with Gasteiger partial charge in [-0.15, -0.1) is 0 Å². The van der Waals surface area contributed by atoms with E-state index in [-0.39, 0.29) is 5.91 Å². The Morgan fingerprint density at radius 1 is 0.966 bits per heavy atom. The fourth-order valence-corrected chi connectivity index (χ4v) is 3.16. The summed E-state index contributed by atoms with van der Waals surface area (Å²) < 4.78 is 21.3. The van der Waals surface area contributed by atoms with E-state index < -0.39 is 0 Å².